The van der Waals surface area contributed by atoms with E-state index in [4.69, 9.17) is 18.4 Å². The van der Waals surface area contributed by atoms with Crippen LogP contribution in [0.15, 0.2) is 121 Å². The summed E-state index contributed by atoms with van der Waals surface area (Å²) in [5.74, 6) is -0.458. The zero-order valence-corrected chi connectivity index (χ0v) is 25.9. The summed E-state index contributed by atoms with van der Waals surface area (Å²) >= 11 is 0. The molecule has 0 bridgehead atoms. The van der Waals surface area contributed by atoms with Gasteiger partial charge in [0, 0.05) is 6.92 Å². The van der Waals surface area contributed by atoms with Crippen molar-refractivity contribution in [3.8, 4) is 0 Å². The van der Waals surface area contributed by atoms with Crippen molar-refractivity contribution >= 4 is 16.0 Å². The molecule has 5 rings (SSSR count). The lowest BCUT2D eigenvalue weighted by Gasteiger charge is -2.45. The Labute approximate surface area is 263 Å². The second kappa shape index (κ2) is 14.5. The topological polar surface area (TPSA) is 120 Å². The molecule has 9 nitrogen and oxygen atoms in total. The summed E-state index contributed by atoms with van der Waals surface area (Å²) < 4.78 is 50.0. The molecular formula is C35H37NO8S. The predicted molar refractivity (Wildman–Crippen MR) is 168 cm³/mol. The summed E-state index contributed by atoms with van der Waals surface area (Å²) in [6, 6.07) is 37.1. The number of hydrogen-bond acceptors (Lipinski definition) is 8. The lowest BCUT2D eigenvalue weighted by molar-refractivity contribution is -0.264. The smallest absolute Gasteiger partial charge is 0.264 e. The Morgan fingerprint density at radius 1 is 0.800 bits per heavy atom. The first kappa shape index (κ1) is 32.5. The molecule has 2 N–H and O–H groups in total. The number of aliphatic hydroxyl groups is 1. The molecule has 0 aliphatic carbocycles. The molecule has 1 aliphatic heterocycles. The van der Waals surface area contributed by atoms with E-state index in [-0.39, 0.29) is 13.2 Å². The van der Waals surface area contributed by atoms with E-state index >= 15 is 0 Å². The standard InChI is InChI=1S/C35H37NO8S/c1-25(37)36-31-33(41-23-26-15-7-3-8-16-26)32(44-45(2,39)40)30(43-34(31)38)24-42-35(27-17-9-4-10-18-27,28-19-11-5-12-20-28)29-21-13-6-14-22-29/h3-22,30-34,38H,23-24H2,1-2H3,(H,36,37)/t30-,31+,32-,33-,34+/m1/s1. The number of hydrogen-bond donors (Lipinski definition) is 2. The fourth-order valence-corrected chi connectivity index (χ4v) is 6.34. The van der Waals surface area contributed by atoms with E-state index in [1.807, 2.05) is 121 Å². The van der Waals surface area contributed by atoms with Crippen LogP contribution in [0.3, 0.4) is 0 Å². The minimum absolute atomic E-state index is 0.0630. The highest BCUT2D eigenvalue weighted by Gasteiger charge is 2.50. The van der Waals surface area contributed by atoms with Gasteiger partial charge in [-0.1, -0.05) is 121 Å². The Balaban J connectivity index is 1.56. The molecule has 45 heavy (non-hydrogen) atoms. The van der Waals surface area contributed by atoms with Gasteiger partial charge in [0.1, 0.15) is 30.0 Å². The van der Waals surface area contributed by atoms with Crippen LogP contribution in [0.4, 0.5) is 0 Å². The van der Waals surface area contributed by atoms with Crippen molar-refractivity contribution in [2.75, 3.05) is 12.9 Å². The fraction of sp³-hybridized carbons (Fsp3) is 0.286. The van der Waals surface area contributed by atoms with E-state index in [1.165, 1.54) is 6.92 Å². The molecule has 0 spiro atoms. The first-order chi connectivity index (χ1) is 21.7. The van der Waals surface area contributed by atoms with E-state index < -0.39 is 52.3 Å². The number of ether oxygens (including phenoxy) is 3. The van der Waals surface area contributed by atoms with Gasteiger partial charge >= 0.3 is 0 Å². The lowest BCUT2D eigenvalue weighted by Crippen LogP contribution is -2.65. The number of carbonyl (C=O) groups is 1. The van der Waals surface area contributed by atoms with Crippen LogP contribution in [0.25, 0.3) is 0 Å². The van der Waals surface area contributed by atoms with Gasteiger partial charge in [0.05, 0.1) is 19.5 Å². The van der Waals surface area contributed by atoms with Crippen molar-refractivity contribution in [3.05, 3.63) is 144 Å². The number of benzene rings is 4. The third-order valence-corrected chi connectivity index (χ3v) is 8.18. The Morgan fingerprint density at radius 3 is 1.71 bits per heavy atom. The van der Waals surface area contributed by atoms with Crippen LogP contribution in [0.5, 0.6) is 0 Å². The summed E-state index contributed by atoms with van der Waals surface area (Å²) in [4.78, 5) is 12.2. The second-order valence-corrected chi connectivity index (χ2v) is 12.5. The minimum atomic E-state index is -4.06. The first-order valence-corrected chi connectivity index (χ1v) is 16.4. The first-order valence-electron chi connectivity index (χ1n) is 14.6. The van der Waals surface area contributed by atoms with Crippen molar-refractivity contribution in [1.29, 1.82) is 0 Å². The molecule has 1 aliphatic rings. The molecule has 1 fully saturated rings. The summed E-state index contributed by atoms with van der Waals surface area (Å²) in [6.07, 6.45) is -4.16. The molecule has 1 saturated heterocycles. The summed E-state index contributed by atoms with van der Waals surface area (Å²) in [7, 11) is -4.06. The molecule has 4 aromatic carbocycles. The van der Waals surface area contributed by atoms with Gasteiger partial charge in [-0.15, -0.1) is 0 Å². The molecule has 4 aromatic rings. The molecule has 10 heteroatoms. The van der Waals surface area contributed by atoms with Gasteiger partial charge in [-0.3, -0.25) is 8.98 Å². The van der Waals surface area contributed by atoms with Crippen LogP contribution in [0.2, 0.25) is 0 Å². The van der Waals surface area contributed by atoms with Gasteiger partial charge in [0.15, 0.2) is 6.29 Å². The van der Waals surface area contributed by atoms with E-state index in [1.54, 1.807) is 0 Å². The highest BCUT2D eigenvalue weighted by atomic mass is 32.2. The van der Waals surface area contributed by atoms with Crippen LogP contribution in [0.1, 0.15) is 29.2 Å². The van der Waals surface area contributed by atoms with Crippen molar-refractivity contribution < 1.29 is 36.7 Å². The van der Waals surface area contributed by atoms with Crippen LogP contribution >= 0.6 is 0 Å². The van der Waals surface area contributed by atoms with E-state index in [0.29, 0.717) is 0 Å². The van der Waals surface area contributed by atoms with Gasteiger partial charge in [-0.05, 0) is 22.3 Å². The summed E-state index contributed by atoms with van der Waals surface area (Å²) in [6.45, 7) is 1.14. The van der Waals surface area contributed by atoms with Crippen molar-refractivity contribution in [2.24, 2.45) is 0 Å². The van der Waals surface area contributed by atoms with Crippen LogP contribution in [0, 0.1) is 0 Å². The number of amides is 1. The number of rotatable bonds is 12. The summed E-state index contributed by atoms with van der Waals surface area (Å²) in [5.41, 5.74) is 2.14. The lowest BCUT2D eigenvalue weighted by atomic mass is 9.80. The van der Waals surface area contributed by atoms with Crippen molar-refractivity contribution in [1.82, 2.24) is 5.32 Å². The molecule has 5 atom stereocenters. The van der Waals surface area contributed by atoms with Crippen LogP contribution in [-0.2, 0) is 45.5 Å². The van der Waals surface area contributed by atoms with Crippen molar-refractivity contribution in [2.45, 2.75) is 49.8 Å². The highest BCUT2D eigenvalue weighted by Crippen LogP contribution is 2.41. The van der Waals surface area contributed by atoms with E-state index in [2.05, 4.69) is 5.32 Å². The predicted octanol–water partition coefficient (Wildman–Crippen LogP) is 4.15. The zero-order chi connectivity index (χ0) is 31.9. The highest BCUT2D eigenvalue weighted by molar-refractivity contribution is 7.86. The monoisotopic (exact) mass is 631 g/mol. The van der Waals surface area contributed by atoms with Crippen molar-refractivity contribution in [3.63, 3.8) is 0 Å². The Kier molecular flexibility index (Phi) is 10.4. The Bertz CT molecular complexity index is 1530. The molecular weight excluding hydrogens is 594 g/mol. The van der Waals surface area contributed by atoms with E-state index in [0.717, 1.165) is 28.5 Å². The molecule has 0 radical (unpaired) electrons. The van der Waals surface area contributed by atoms with E-state index in [9.17, 15) is 18.3 Å². The van der Waals surface area contributed by atoms with Crippen LogP contribution in [-0.4, -0.2) is 62.9 Å². The van der Waals surface area contributed by atoms with Gasteiger partial charge in [0.2, 0.25) is 5.91 Å². The second-order valence-electron chi connectivity index (χ2n) is 10.9. The minimum Gasteiger partial charge on any atom is -0.368 e. The number of carbonyl (C=O) groups excluding carboxylic acids is 1. The Hall–Kier alpha value is -3.90. The van der Waals surface area contributed by atoms with Gasteiger partial charge in [-0.2, -0.15) is 8.42 Å². The van der Waals surface area contributed by atoms with Crippen LogP contribution < -0.4 is 5.32 Å². The molecule has 0 aromatic heterocycles. The van der Waals surface area contributed by atoms with Gasteiger partial charge < -0.3 is 24.6 Å². The normalized spacial score (nSPS) is 22.1. The quantitative estimate of drug-likeness (QED) is 0.177. The maximum Gasteiger partial charge on any atom is 0.264 e. The fourth-order valence-electron chi connectivity index (χ4n) is 5.70. The zero-order valence-electron chi connectivity index (χ0n) is 25.1. The average molecular weight is 632 g/mol. The summed E-state index contributed by atoms with van der Waals surface area (Å²) in [5, 5.41) is 13.8. The third-order valence-electron chi connectivity index (χ3n) is 7.61. The number of aliphatic hydroxyl groups excluding tert-OH is 1. The maximum atomic E-state index is 12.6. The van der Waals surface area contributed by atoms with Gasteiger partial charge in [0.25, 0.3) is 10.1 Å². The largest absolute Gasteiger partial charge is 0.368 e. The molecule has 1 amide bonds. The third kappa shape index (κ3) is 7.85. The molecule has 0 unspecified atom stereocenters. The van der Waals surface area contributed by atoms with Gasteiger partial charge in [-0.25, -0.2) is 0 Å². The molecule has 1 heterocycles. The number of nitrogens with one attached hydrogen (secondary N) is 1. The molecule has 236 valence electrons. The SMILES string of the molecule is CC(=O)N[C@H]1[C@@H](OCc2ccccc2)[C@H](OS(C)(=O)=O)[C@@H](COC(c2ccccc2)(c2ccccc2)c2ccccc2)O[C@@H]1O. The average Bonchev–Trinajstić information content (AvgIpc) is 3.04. The molecule has 0 saturated carbocycles. The Morgan fingerprint density at radius 2 is 1.27 bits per heavy atom. The maximum absolute atomic E-state index is 12.6.